The van der Waals surface area contributed by atoms with Gasteiger partial charge in [-0.3, -0.25) is 19.9 Å². The van der Waals surface area contributed by atoms with Crippen LogP contribution in [0.2, 0.25) is 20.5 Å². The van der Waals surface area contributed by atoms with E-state index in [9.17, 15) is 5.11 Å². The number of aliphatic hydroxyl groups is 1. The van der Waals surface area contributed by atoms with E-state index in [1.54, 1.807) is 47.0 Å². The largest absolute Gasteiger partial charge is 0.496 e. The Balaban J connectivity index is 0.000000155. The number of halogens is 5. The van der Waals surface area contributed by atoms with Crippen LogP contribution in [-0.4, -0.2) is 131 Å². The highest BCUT2D eigenvalue weighted by molar-refractivity contribution is 14.1. The summed E-state index contributed by atoms with van der Waals surface area (Å²) < 4.78 is 30.8. The zero-order valence-corrected chi connectivity index (χ0v) is 62.8. The second-order valence-corrected chi connectivity index (χ2v) is 26.6. The molecule has 31 heteroatoms. The number of aryl methyl sites for hydroxylation is 4. The van der Waals surface area contributed by atoms with E-state index in [2.05, 4.69) is 108 Å². The van der Waals surface area contributed by atoms with E-state index in [1.807, 2.05) is 105 Å². The number of fused-ring (bicyclic) bond motifs is 4. The number of hydrogen-bond donors (Lipinski definition) is 6. The van der Waals surface area contributed by atoms with Crippen LogP contribution in [0.15, 0.2) is 55.8 Å². The molecule has 0 aliphatic carbocycles. The second-order valence-electron chi connectivity index (χ2n) is 24.0. The number of nitrogens with two attached hydrogens (primary N) is 4. The number of nitrogen functional groups attached to an aromatic ring is 4. The molecule has 0 aromatic carbocycles. The van der Waals surface area contributed by atoms with Crippen LogP contribution in [0.1, 0.15) is 92.3 Å². The fourth-order valence-electron chi connectivity index (χ4n) is 11.8. The first-order valence-corrected chi connectivity index (χ1v) is 33.9. The van der Waals surface area contributed by atoms with Crippen LogP contribution in [-0.2, 0) is 39.0 Å². The fraction of sp³-hybridized carbons (Fsp3) is 0.353. The summed E-state index contributed by atoms with van der Waals surface area (Å²) in [5.41, 5.74) is 39.4. The molecule has 0 bridgehead atoms. The fourth-order valence-corrected chi connectivity index (χ4v) is 13.9. The van der Waals surface area contributed by atoms with Crippen molar-refractivity contribution in [2.75, 3.05) is 71.1 Å². The summed E-state index contributed by atoms with van der Waals surface area (Å²) in [5.74, 6) is 4.64. The lowest BCUT2D eigenvalue weighted by Gasteiger charge is -2.13. The van der Waals surface area contributed by atoms with E-state index < -0.39 is 0 Å². The maximum atomic E-state index is 9.32. The minimum absolute atomic E-state index is 0.00938. The smallest absolute Gasteiger partial charge is 0.223 e. The van der Waals surface area contributed by atoms with Crippen LogP contribution >= 0.6 is 69.0 Å². The number of rotatable bonds is 19. The average molecular weight is 1540 g/mol. The predicted molar refractivity (Wildman–Crippen MR) is 400 cm³/mol. The lowest BCUT2D eigenvalue weighted by Crippen LogP contribution is -2.22. The van der Waals surface area contributed by atoms with Gasteiger partial charge >= 0.3 is 0 Å². The maximum absolute atomic E-state index is 9.32. The van der Waals surface area contributed by atoms with E-state index in [1.165, 1.54) is 0 Å². The Labute approximate surface area is 606 Å². The lowest BCUT2D eigenvalue weighted by molar-refractivity contribution is 0.300. The number of methoxy groups -OCH3 is 4. The third-order valence-corrected chi connectivity index (χ3v) is 18.5. The van der Waals surface area contributed by atoms with Crippen molar-refractivity contribution < 1.29 is 24.1 Å². The number of nitrogens with one attached hydrogen (secondary N) is 1. The van der Waals surface area contributed by atoms with Gasteiger partial charge in [-0.1, -0.05) is 60.3 Å². The highest BCUT2D eigenvalue weighted by Crippen LogP contribution is 2.35. The molecule has 522 valence electrons. The molecule has 12 rings (SSSR count). The number of hydrogen-bond acceptors (Lipinski definition) is 22. The zero-order chi connectivity index (χ0) is 71.8. The molecule has 0 radical (unpaired) electrons. The third kappa shape index (κ3) is 16.6. The van der Waals surface area contributed by atoms with Gasteiger partial charge in [-0.15, -0.1) is 0 Å². The number of nitrogens with zero attached hydrogens (tertiary/aromatic N) is 16. The van der Waals surface area contributed by atoms with Crippen molar-refractivity contribution in [1.29, 1.82) is 0 Å². The Morgan fingerprint density at radius 2 is 0.798 bits per heavy atom. The second kappa shape index (κ2) is 32.5. The molecule has 0 fully saturated rings. The van der Waals surface area contributed by atoms with Gasteiger partial charge in [0.2, 0.25) is 23.8 Å². The molecule has 0 saturated heterocycles. The predicted octanol–water partition coefficient (Wildman–Crippen LogP) is 11.9. The Morgan fingerprint density at radius 1 is 0.455 bits per heavy atom. The summed E-state index contributed by atoms with van der Waals surface area (Å²) in [6, 6.07) is 0. The molecule has 0 aliphatic rings. The summed E-state index contributed by atoms with van der Waals surface area (Å²) >= 11 is 27.4. The lowest BCUT2D eigenvalue weighted by atomic mass is 10.1. The van der Waals surface area contributed by atoms with Gasteiger partial charge in [0.25, 0.3) is 0 Å². The number of aromatic nitrogens is 16. The SMILES string of the molecule is COc1c(C)cnc(Cn2cc(CCNCC(C)C)c3c(Cl)nc(N)nc32)c1C.COc1c(C)cnc(Cn2cc(CCO)c3c(Cl)nc(N)nc32)c1C.COc1c(C)cnc(Cn2cc(Cl)c3cnc(N)nc32)c1C.COc1c(C)cnc(Cn2cc(I)c3c(Cl)nc(N)nc32)c1C. The van der Waals surface area contributed by atoms with Crippen LogP contribution in [0.4, 0.5) is 23.8 Å². The van der Waals surface area contributed by atoms with Gasteiger partial charge in [0.1, 0.15) is 61.0 Å². The summed E-state index contributed by atoms with van der Waals surface area (Å²) in [4.78, 5) is 51.7. The van der Waals surface area contributed by atoms with Crippen molar-refractivity contribution >= 4 is 137 Å². The normalized spacial score (nSPS) is 11.3. The quantitative estimate of drug-likeness (QED) is 0.0249. The first-order chi connectivity index (χ1) is 47.2. The highest BCUT2D eigenvalue weighted by Gasteiger charge is 2.22. The van der Waals surface area contributed by atoms with Crippen molar-refractivity contribution in [2.24, 2.45) is 5.92 Å². The minimum atomic E-state index is 0.00938. The first kappa shape index (κ1) is 74.5. The van der Waals surface area contributed by atoms with Gasteiger partial charge < -0.3 is 70.6 Å². The standard InChI is InChI=1S/C21H29ClN6O.C17H20ClN5O2.C15H15ClIN5O.C15H16ClN5O/c1-12(2)8-24-7-6-15-10-28(20-17(15)19(22)26-21(23)27-20)11-16-14(4)18(29-5)13(3)9-25-16;1-9-6-20-12(10(2)14(9)25-3)8-23-7-11(4-5-24)13-15(18)21-17(19)22-16(13)23;1-7-4-19-10(8(2)12(7)23-3)6-22-5-9(17)11-13(16)20-15(18)21-14(11)22;1-8-4-18-12(9(2)13(8)22-3)7-21-6-11(16)10-5-19-15(17)20-14(10)21/h9-10,12,24H,6-8,11H2,1-5H3,(H2,23,26,27);6-7,24H,4-5,8H2,1-3H3,(H2,19,21,22);4-5H,6H2,1-3H3,(H2,18,20,21);4-6H,7H2,1-3H3,(H2,17,19,20). The van der Waals surface area contributed by atoms with Gasteiger partial charge in [0.15, 0.2) is 0 Å². The minimum Gasteiger partial charge on any atom is -0.496 e. The molecule has 12 aromatic heterocycles. The maximum Gasteiger partial charge on any atom is 0.223 e. The van der Waals surface area contributed by atoms with Gasteiger partial charge in [0, 0.05) is 110 Å². The van der Waals surface area contributed by atoms with E-state index >= 15 is 0 Å². The Kier molecular flexibility index (Phi) is 24.5. The number of aliphatic hydroxyl groups excluding tert-OH is 1. The van der Waals surface area contributed by atoms with E-state index in [-0.39, 0.29) is 35.6 Å². The van der Waals surface area contributed by atoms with Gasteiger partial charge in [-0.25, -0.2) is 19.9 Å². The Morgan fingerprint density at radius 3 is 1.17 bits per heavy atom. The summed E-state index contributed by atoms with van der Waals surface area (Å²) in [5, 5.41) is 17.6. The monoisotopic (exact) mass is 1540 g/mol. The van der Waals surface area contributed by atoms with Gasteiger partial charge in [-0.05, 0) is 121 Å². The van der Waals surface area contributed by atoms with Crippen molar-refractivity contribution in [3.63, 3.8) is 0 Å². The molecule has 0 aliphatic heterocycles. The van der Waals surface area contributed by atoms with Gasteiger partial charge in [0.05, 0.1) is 104 Å². The molecule has 12 aromatic rings. The molecule has 10 N–H and O–H groups in total. The summed E-state index contributed by atoms with van der Waals surface area (Å²) in [6.07, 6.45) is 17.9. The summed E-state index contributed by atoms with van der Waals surface area (Å²) in [7, 11) is 6.66. The Bertz CT molecular complexity index is 4940. The van der Waals surface area contributed by atoms with Crippen LogP contribution < -0.4 is 47.2 Å². The molecule has 99 heavy (non-hydrogen) atoms. The van der Waals surface area contributed by atoms with Crippen molar-refractivity contribution in [2.45, 2.75) is 108 Å². The van der Waals surface area contributed by atoms with Crippen molar-refractivity contribution in [3.05, 3.63) is 158 Å². The molecule has 0 saturated carbocycles. The molecule has 0 spiro atoms. The van der Waals surface area contributed by atoms with Crippen LogP contribution in [0.3, 0.4) is 0 Å². The Hall–Kier alpha value is -8.71. The molecular formula is C68H80Cl4IN21O5. The summed E-state index contributed by atoms with van der Waals surface area (Å²) in [6.45, 7) is 24.2. The highest BCUT2D eigenvalue weighted by atomic mass is 127. The van der Waals surface area contributed by atoms with Gasteiger partial charge in [-0.2, -0.15) is 19.9 Å². The average Bonchev–Trinajstić information content (AvgIpc) is 1.67. The van der Waals surface area contributed by atoms with Crippen LogP contribution in [0.5, 0.6) is 23.0 Å². The molecule has 0 unspecified atom stereocenters. The molecule has 12 heterocycles. The molecule has 26 nitrogen and oxygen atoms in total. The topological polar surface area (TPSA) is 348 Å². The van der Waals surface area contributed by atoms with E-state index in [0.717, 1.165) is 146 Å². The van der Waals surface area contributed by atoms with Crippen molar-refractivity contribution in [3.8, 4) is 23.0 Å². The third-order valence-electron chi connectivity index (χ3n) is 16.5. The van der Waals surface area contributed by atoms with Crippen molar-refractivity contribution in [1.82, 2.24) is 83.4 Å². The molecular weight excluding hydrogens is 1460 g/mol. The molecule has 0 amide bonds. The number of ether oxygens (including phenoxy) is 4. The zero-order valence-electron chi connectivity index (χ0n) is 57.6. The van der Waals surface area contributed by atoms with E-state index in [4.69, 9.17) is 88.3 Å². The first-order valence-electron chi connectivity index (χ1n) is 31.3. The van der Waals surface area contributed by atoms with Crippen LogP contribution in [0, 0.1) is 64.9 Å². The van der Waals surface area contributed by atoms with E-state index in [0.29, 0.717) is 76.2 Å². The number of anilines is 4. The molecule has 0 atom stereocenters. The number of pyridine rings is 4. The van der Waals surface area contributed by atoms with Crippen LogP contribution in [0.25, 0.3) is 44.1 Å².